The van der Waals surface area contributed by atoms with Gasteiger partial charge in [0.2, 0.25) is 0 Å². The zero-order chi connectivity index (χ0) is 14.0. The zero-order valence-electron chi connectivity index (χ0n) is 12.2. The first-order valence-corrected chi connectivity index (χ1v) is 7.89. The predicted molar refractivity (Wildman–Crippen MR) is 86.5 cm³/mol. The van der Waals surface area contributed by atoms with E-state index in [1.165, 1.54) is 12.1 Å². The van der Waals surface area contributed by atoms with Gasteiger partial charge < -0.3 is 10.6 Å². The Morgan fingerprint density at radius 1 is 1.32 bits per heavy atom. The van der Waals surface area contributed by atoms with Gasteiger partial charge in [0.05, 0.1) is 0 Å². The van der Waals surface area contributed by atoms with Crippen molar-refractivity contribution in [3.63, 3.8) is 0 Å². The predicted octanol–water partition coefficient (Wildman–Crippen LogP) is 4.04. The molecule has 0 saturated carbocycles. The second kappa shape index (κ2) is 5.84. The van der Waals surface area contributed by atoms with Gasteiger partial charge in [-0.2, -0.15) is 0 Å². The maximum Gasteiger partial charge on any atom is 0.0378 e. The number of halogens is 1. The van der Waals surface area contributed by atoms with Crippen LogP contribution in [0.4, 0.5) is 5.69 Å². The molecule has 1 saturated heterocycles. The Morgan fingerprint density at radius 3 is 2.68 bits per heavy atom. The lowest BCUT2D eigenvalue weighted by atomic mass is 9.80. The maximum atomic E-state index is 6.26. The summed E-state index contributed by atoms with van der Waals surface area (Å²) in [6.07, 6.45) is 2.40. The SMILES string of the molecule is CC(C)(C)CC1CC(N)CN(c2cccc(Br)c2)C1. The first-order valence-electron chi connectivity index (χ1n) is 7.09. The molecule has 2 rings (SSSR count). The van der Waals surface area contributed by atoms with E-state index in [1.807, 2.05) is 0 Å². The minimum absolute atomic E-state index is 0.292. The van der Waals surface area contributed by atoms with Gasteiger partial charge in [0.1, 0.15) is 0 Å². The molecule has 2 nitrogen and oxygen atoms in total. The van der Waals surface area contributed by atoms with Gasteiger partial charge in [-0.25, -0.2) is 0 Å². The monoisotopic (exact) mass is 324 g/mol. The molecule has 19 heavy (non-hydrogen) atoms. The van der Waals surface area contributed by atoms with Gasteiger partial charge in [-0.1, -0.05) is 42.8 Å². The van der Waals surface area contributed by atoms with E-state index in [4.69, 9.17) is 5.73 Å². The Kier molecular flexibility index (Phi) is 4.57. The minimum atomic E-state index is 0.292. The molecule has 0 bridgehead atoms. The maximum absolute atomic E-state index is 6.26. The van der Waals surface area contributed by atoms with Crippen molar-refractivity contribution in [3.05, 3.63) is 28.7 Å². The van der Waals surface area contributed by atoms with E-state index >= 15 is 0 Å². The largest absolute Gasteiger partial charge is 0.370 e. The van der Waals surface area contributed by atoms with Gasteiger partial charge in [-0.15, -0.1) is 0 Å². The highest BCUT2D eigenvalue weighted by molar-refractivity contribution is 9.10. The second-order valence-electron chi connectivity index (χ2n) is 7.01. The van der Waals surface area contributed by atoms with Crippen molar-refractivity contribution in [1.29, 1.82) is 0 Å². The van der Waals surface area contributed by atoms with E-state index in [2.05, 4.69) is 65.9 Å². The summed E-state index contributed by atoms with van der Waals surface area (Å²) in [7, 11) is 0. The number of rotatable bonds is 2. The molecule has 0 spiro atoms. The highest BCUT2D eigenvalue weighted by atomic mass is 79.9. The average Bonchev–Trinajstić information content (AvgIpc) is 2.25. The van der Waals surface area contributed by atoms with Gasteiger partial charge in [0.15, 0.2) is 0 Å². The van der Waals surface area contributed by atoms with Crippen LogP contribution in [0.15, 0.2) is 28.7 Å². The van der Waals surface area contributed by atoms with Gasteiger partial charge in [-0.05, 0) is 42.4 Å². The fourth-order valence-corrected chi connectivity index (χ4v) is 3.53. The highest BCUT2D eigenvalue weighted by Gasteiger charge is 2.28. The van der Waals surface area contributed by atoms with Crippen LogP contribution in [0.1, 0.15) is 33.6 Å². The van der Waals surface area contributed by atoms with Crippen molar-refractivity contribution < 1.29 is 0 Å². The second-order valence-corrected chi connectivity index (χ2v) is 7.93. The zero-order valence-corrected chi connectivity index (χ0v) is 13.8. The molecular weight excluding hydrogens is 300 g/mol. The molecule has 1 aromatic carbocycles. The van der Waals surface area contributed by atoms with Crippen molar-refractivity contribution in [1.82, 2.24) is 0 Å². The molecule has 0 radical (unpaired) electrons. The molecule has 1 heterocycles. The van der Waals surface area contributed by atoms with Crippen molar-refractivity contribution in [3.8, 4) is 0 Å². The number of hydrogen-bond acceptors (Lipinski definition) is 2. The van der Waals surface area contributed by atoms with Crippen LogP contribution in [0.2, 0.25) is 0 Å². The molecule has 2 unspecified atom stereocenters. The van der Waals surface area contributed by atoms with Crippen LogP contribution in [-0.2, 0) is 0 Å². The summed E-state index contributed by atoms with van der Waals surface area (Å²) in [5, 5.41) is 0. The summed E-state index contributed by atoms with van der Waals surface area (Å²) in [6.45, 7) is 9.04. The molecule has 1 fully saturated rings. The number of hydrogen-bond donors (Lipinski definition) is 1. The van der Waals surface area contributed by atoms with Crippen LogP contribution in [-0.4, -0.2) is 19.1 Å². The molecule has 1 aromatic rings. The molecule has 3 heteroatoms. The van der Waals surface area contributed by atoms with E-state index < -0.39 is 0 Å². The van der Waals surface area contributed by atoms with Crippen LogP contribution >= 0.6 is 15.9 Å². The lowest BCUT2D eigenvalue weighted by Gasteiger charge is -2.40. The smallest absolute Gasteiger partial charge is 0.0378 e. The van der Waals surface area contributed by atoms with E-state index in [9.17, 15) is 0 Å². The Hall–Kier alpha value is -0.540. The van der Waals surface area contributed by atoms with Crippen molar-refractivity contribution in [2.24, 2.45) is 17.1 Å². The summed E-state index contributed by atoms with van der Waals surface area (Å²) in [6, 6.07) is 8.82. The lowest BCUT2D eigenvalue weighted by Crippen LogP contribution is -2.47. The van der Waals surface area contributed by atoms with Crippen LogP contribution in [0.5, 0.6) is 0 Å². The van der Waals surface area contributed by atoms with Crippen LogP contribution in [0.3, 0.4) is 0 Å². The average molecular weight is 325 g/mol. The topological polar surface area (TPSA) is 29.3 Å². The fraction of sp³-hybridized carbons (Fsp3) is 0.625. The minimum Gasteiger partial charge on any atom is -0.370 e. The van der Waals surface area contributed by atoms with Crippen molar-refractivity contribution in [2.45, 2.75) is 39.7 Å². The summed E-state index contributed by atoms with van der Waals surface area (Å²) >= 11 is 3.55. The Labute approximate surface area is 125 Å². The van der Waals surface area contributed by atoms with E-state index in [1.54, 1.807) is 0 Å². The van der Waals surface area contributed by atoms with Crippen LogP contribution in [0.25, 0.3) is 0 Å². The summed E-state index contributed by atoms with van der Waals surface area (Å²) in [5.41, 5.74) is 7.92. The first-order chi connectivity index (χ1) is 8.83. The van der Waals surface area contributed by atoms with Gasteiger partial charge >= 0.3 is 0 Å². The molecule has 0 aliphatic carbocycles. The number of anilines is 1. The van der Waals surface area contributed by atoms with Crippen LogP contribution < -0.4 is 10.6 Å². The van der Waals surface area contributed by atoms with Gasteiger partial charge in [-0.3, -0.25) is 0 Å². The molecule has 2 atom stereocenters. The Balaban J connectivity index is 2.09. The molecular formula is C16H25BrN2. The third kappa shape index (κ3) is 4.50. The molecule has 106 valence electrons. The standard InChI is InChI=1S/C16H25BrN2/c1-16(2,3)9-12-7-14(18)11-19(10-12)15-6-4-5-13(17)8-15/h4-6,8,12,14H,7,9-11,18H2,1-3H3. The Bertz CT molecular complexity index is 425. The third-order valence-corrected chi connectivity index (χ3v) is 4.14. The van der Waals surface area contributed by atoms with Gasteiger partial charge in [0.25, 0.3) is 0 Å². The lowest BCUT2D eigenvalue weighted by molar-refractivity contribution is 0.253. The molecule has 1 aliphatic heterocycles. The fourth-order valence-electron chi connectivity index (χ4n) is 3.14. The third-order valence-electron chi connectivity index (χ3n) is 3.64. The van der Waals surface area contributed by atoms with Gasteiger partial charge in [0, 0.05) is 29.3 Å². The van der Waals surface area contributed by atoms with E-state index in [-0.39, 0.29) is 0 Å². The molecule has 1 aliphatic rings. The number of nitrogens with two attached hydrogens (primary N) is 1. The first kappa shape index (κ1) is 14.9. The summed E-state index contributed by atoms with van der Waals surface area (Å²) in [4.78, 5) is 2.44. The van der Waals surface area contributed by atoms with E-state index in [0.29, 0.717) is 17.4 Å². The number of benzene rings is 1. The molecule has 0 amide bonds. The van der Waals surface area contributed by atoms with Crippen molar-refractivity contribution >= 4 is 21.6 Å². The van der Waals surface area contributed by atoms with E-state index in [0.717, 1.165) is 24.0 Å². The highest BCUT2D eigenvalue weighted by Crippen LogP contribution is 2.32. The quantitative estimate of drug-likeness (QED) is 0.889. The summed E-state index contributed by atoms with van der Waals surface area (Å²) < 4.78 is 1.14. The number of nitrogens with zero attached hydrogens (tertiary/aromatic N) is 1. The number of piperidine rings is 1. The van der Waals surface area contributed by atoms with Crippen LogP contribution in [0, 0.1) is 11.3 Å². The Morgan fingerprint density at radius 2 is 2.05 bits per heavy atom. The summed E-state index contributed by atoms with van der Waals surface area (Å²) in [5.74, 6) is 0.697. The van der Waals surface area contributed by atoms with Crippen molar-refractivity contribution in [2.75, 3.05) is 18.0 Å². The molecule has 2 N–H and O–H groups in total. The normalized spacial score (nSPS) is 24.6. The molecule has 0 aromatic heterocycles.